The van der Waals surface area contributed by atoms with Crippen LogP contribution in [0, 0.1) is 0 Å². The summed E-state index contributed by atoms with van der Waals surface area (Å²) in [5.41, 5.74) is -2.67. The lowest BCUT2D eigenvalue weighted by atomic mass is 9.96. The molecule has 0 radical (unpaired) electrons. The standard InChI is InChI=1S/C10H15NO8/c12-7(13)5-10(17,9(15)16)6-8(14)19-11-1-3-18-4-2-11/h17H,1-6H2,(H,12,13)(H,15,16). The summed E-state index contributed by atoms with van der Waals surface area (Å²) >= 11 is 0. The molecular formula is C10H15NO8. The van der Waals surface area contributed by atoms with Crippen molar-refractivity contribution in [2.75, 3.05) is 26.3 Å². The molecule has 1 heterocycles. The number of aliphatic carboxylic acids is 2. The zero-order chi connectivity index (χ0) is 14.5. The van der Waals surface area contributed by atoms with Crippen molar-refractivity contribution in [3.05, 3.63) is 0 Å². The molecular weight excluding hydrogens is 262 g/mol. The number of carboxylic acids is 2. The lowest BCUT2D eigenvalue weighted by Crippen LogP contribution is -2.45. The van der Waals surface area contributed by atoms with Gasteiger partial charge in [0.15, 0.2) is 5.60 Å². The minimum atomic E-state index is -2.67. The number of carboxylic acid groups (broad SMARTS) is 2. The highest BCUT2D eigenvalue weighted by Crippen LogP contribution is 2.17. The van der Waals surface area contributed by atoms with Crippen molar-refractivity contribution in [2.24, 2.45) is 0 Å². The molecule has 0 saturated carbocycles. The minimum Gasteiger partial charge on any atom is -0.481 e. The highest BCUT2D eigenvalue weighted by atomic mass is 16.7. The number of rotatable bonds is 6. The van der Waals surface area contributed by atoms with E-state index in [9.17, 15) is 19.5 Å². The van der Waals surface area contributed by atoms with E-state index in [-0.39, 0.29) is 0 Å². The summed E-state index contributed by atoms with van der Waals surface area (Å²) in [6, 6.07) is 0. The number of ether oxygens (including phenoxy) is 1. The molecule has 1 unspecified atom stereocenters. The van der Waals surface area contributed by atoms with Gasteiger partial charge < -0.3 is 24.9 Å². The molecule has 1 atom stereocenters. The normalized spacial score (nSPS) is 19.4. The van der Waals surface area contributed by atoms with Crippen LogP contribution in [0.4, 0.5) is 0 Å². The summed E-state index contributed by atoms with van der Waals surface area (Å²) in [6.45, 7) is 1.39. The number of nitrogens with zero attached hydrogens (tertiary/aromatic N) is 1. The van der Waals surface area contributed by atoms with Crippen molar-refractivity contribution in [2.45, 2.75) is 18.4 Å². The van der Waals surface area contributed by atoms with Crippen LogP contribution in [0.2, 0.25) is 0 Å². The number of morpholine rings is 1. The Morgan fingerprint density at radius 2 is 1.74 bits per heavy atom. The van der Waals surface area contributed by atoms with Crippen LogP contribution >= 0.6 is 0 Å². The van der Waals surface area contributed by atoms with Crippen molar-refractivity contribution in [1.82, 2.24) is 5.06 Å². The molecule has 1 rings (SSSR count). The Bertz CT molecular complexity index is 365. The van der Waals surface area contributed by atoms with Crippen molar-refractivity contribution in [3.8, 4) is 0 Å². The fourth-order valence-electron chi connectivity index (χ4n) is 1.52. The first kappa shape index (κ1) is 15.3. The average Bonchev–Trinajstić information content (AvgIpc) is 2.28. The van der Waals surface area contributed by atoms with E-state index >= 15 is 0 Å². The van der Waals surface area contributed by atoms with Crippen LogP contribution in [0.15, 0.2) is 0 Å². The third kappa shape index (κ3) is 4.81. The Kier molecular flexibility index (Phi) is 5.21. The van der Waals surface area contributed by atoms with E-state index in [1.165, 1.54) is 5.06 Å². The number of hydrogen-bond donors (Lipinski definition) is 3. The lowest BCUT2D eigenvalue weighted by molar-refractivity contribution is -0.211. The maximum atomic E-state index is 11.5. The van der Waals surface area contributed by atoms with E-state index in [1.807, 2.05) is 0 Å². The Labute approximate surface area is 108 Å². The van der Waals surface area contributed by atoms with E-state index in [4.69, 9.17) is 19.8 Å². The SMILES string of the molecule is O=C(O)CC(O)(CC(=O)ON1CCOCC1)C(=O)O. The summed E-state index contributed by atoms with van der Waals surface area (Å²) in [5, 5.41) is 28.2. The van der Waals surface area contributed by atoms with Gasteiger partial charge in [-0.05, 0) is 0 Å². The Morgan fingerprint density at radius 3 is 2.21 bits per heavy atom. The van der Waals surface area contributed by atoms with Crippen LogP contribution < -0.4 is 0 Å². The first-order valence-electron chi connectivity index (χ1n) is 5.54. The molecule has 1 saturated heterocycles. The molecule has 108 valence electrons. The van der Waals surface area contributed by atoms with Gasteiger partial charge in [-0.3, -0.25) is 9.59 Å². The third-order valence-corrected chi connectivity index (χ3v) is 2.48. The van der Waals surface area contributed by atoms with Gasteiger partial charge in [-0.1, -0.05) is 0 Å². The Hall–Kier alpha value is -1.71. The fourth-order valence-corrected chi connectivity index (χ4v) is 1.52. The van der Waals surface area contributed by atoms with Crippen LogP contribution in [0.5, 0.6) is 0 Å². The first-order chi connectivity index (χ1) is 8.83. The van der Waals surface area contributed by atoms with Gasteiger partial charge in [0.2, 0.25) is 0 Å². The Balaban J connectivity index is 2.55. The predicted octanol–water partition coefficient (Wildman–Crippen LogP) is -1.54. The quantitative estimate of drug-likeness (QED) is 0.527. The molecule has 9 nitrogen and oxygen atoms in total. The number of hydrogen-bond acceptors (Lipinski definition) is 7. The van der Waals surface area contributed by atoms with Crippen LogP contribution in [0.25, 0.3) is 0 Å². The fraction of sp³-hybridized carbons (Fsp3) is 0.700. The Morgan fingerprint density at radius 1 is 1.16 bits per heavy atom. The number of carbonyl (C=O) groups excluding carboxylic acids is 1. The molecule has 0 aromatic heterocycles. The van der Waals surface area contributed by atoms with Crippen LogP contribution in [0.1, 0.15) is 12.8 Å². The van der Waals surface area contributed by atoms with Gasteiger partial charge in [-0.25, -0.2) is 4.79 Å². The van der Waals surface area contributed by atoms with E-state index in [0.29, 0.717) is 26.3 Å². The van der Waals surface area contributed by atoms with E-state index in [1.54, 1.807) is 0 Å². The molecule has 0 aromatic carbocycles. The van der Waals surface area contributed by atoms with Crippen LogP contribution in [0.3, 0.4) is 0 Å². The maximum absolute atomic E-state index is 11.5. The van der Waals surface area contributed by atoms with Gasteiger partial charge in [-0.15, -0.1) is 5.06 Å². The van der Waals surface area contributed by atoms with Crippen LogP contribution in [-0.4, -0.2) is 70.2 Å². The van der Waals surface area contributed by atoms with E-state index in [2.05, 4.69) is 0 Å². The molecule has 0 aromatic rings. The van der Waals surface area contributed by atoms with Gasteiger partial charge >= 0.3 is 17.9 Å². The third-order valence-electron chi connectivity index (χ3n) is 2.48. The van der Waals surface area contributed by atoms with Crippen LogP contribution in [-0.2, 0) is 24.0 Å². The topological polar surface area (TPSA) is 134 Å². The highest BCUT2D eigenvalue weighted by Gasteiger charge is 2.42. The molecule has 3 N–H and O–H groups in total. The van der Waals surface area contributed by atoms with Crippen molar-refractivity contribution in [3.63, 3.8) is 0 Å². The van der Waals surface area contributed by atoms with Crippen molar-refractivity contribution < 1.29 is 39.3 Å². The second-order valence-corrected chi connectivity index (χ2v) is 4.09. The molecule has 0 aliphatic carbocycles. The molecule has 1 aliphatic heterocycles. The maximum Gasteiger partial charge on any atom is 0.336 e. The number of aliphatic hydroxyl groups is 1. The summed E-state index contributed by atoms with van der Waals surface area (Å²) in [5.74, 6) is -4.31. The number of carbonyl (C=O) groups is 3. The molecule has 1 fully saturated rings. The second kappa shape index (κ2) is 6.45. The summed E-state index contributed by atoms with van der Waals surface area (Å²) in [4.78, 5) is 37.6. The zero-order valence-electron chi connectivity index (χ0n) is 10.1. The van der Waals surface area contributed by atoms with E-state index in [0.717, 1.165) is 0 Å². The second-order valence-electron chi connectivity index (χ2n) is 4.09. The monoisotopic (exact) mass is 277 g/mol. The molecule has 0 bridgehead atoms. The van der Waals surface area contributed by atoms with Gasteiger partial charge in [0, 0.05) is 0 Å². The smallest absolute Gasteiger partial charge is 0.336 e. The predicted molar refractivity (Wildman–Crippen MR) is 57.9 cm³/mol. The molecule has 1 aliphatic rings. The number of hydroxylamine groups is 2. The summed E-state index contributed by atoms with van der Waals surface area (Å²) < 4.78 is 5.02. The first-order valence-corrected chi connectivity index (χ1v) is 5.54. The average molecular weight is 277 g/mol. The lowest BCUT2D eigenvalue weighted by Gasteiger charge is -2.26. The van der Waals surface area contributed by atoms with E-state index < -0.39 is 36.4 Å². The molecule has 0 amide bonds. The zero-order valence-corrected chi connectivity index (χ0v) is 10.1. The van der Waals surface area contributed by atoms with Crippen molar-refractivity contribution >= 4 is 17.9 Å². The van der Waals surface area contributed by atoms with Gasteiger partial charge in [0.1, 0.15) is 0 Å². The largest absolute Gasteiger partial charge is 0.481 e. The molecule has 9 heteroatoms. The minimum absolute atomic E-state index is 0.330. The molecule has 0 spiro atoms. The summed E-state index contributed by atoms with van der Waals surface area (Å²) in [7, 11) is 0. The van der Waals surface area contributed by atoms with Gasteiger partial charge in [0.25, 0.3) is 0 Å². The highest BCUT2D eigenvalue weighted by molar-refractivity contribution is 5.88. The van der Waals surface area contributed by atoms with Gasteiger partial charge in [-0.2, -0.15) is 0 Å². The molecule has 19 heavy (non-hydrogen) atoms. The summed E-state index contributed by atoms with van der Waals surface area (Å²) in [6.07, 6.45) is -2.02. The van der Waals surface area contributed by atoms with Crippen molar-refractivity contribution in [1.29, 1.82) is 0 Å². The van der Waals surface area contributed by atoms with Gasteiger partial charge in [0.05, 0.1) is 39.1 Å².